The van der Waals surface area contributed by atoms with E-state index in [1.165, 1.54) is 18.6 Å². The van der Waals surface area contributed by atoms with E-state index in [1.807, 2.05) is 18.2 Å². The van der Waals surface area contributed by atoms with E-state index < -0.39 is 0 Å². The van der Waals surface area contributed by atoms with Gasteiger partial charge in [0.1, 0.15) is 11.6 Å². The van der Waals surface area contributed by atoms with E-state index in [0.29, 0.717) is 36.7 Å². The van der Waals surface area contributed by atoms with Crippen molar-refractivity contribution in [3.05, 3.63) is 41.7 Å². The number of benzene rings is 1. The highest BCUT2D eigenvalue weighted by Crippen LogP contribution is 2.34. The van der Waals surface area contributed by atoms with Crippen molar-refractivity contribution in [1.82, 2.24) is 15.3 Å². The van der Waals surface area contributed by atoms with Crippen molar-refractivity contribution >= 4 is 29.1 Å². The Bertz CT molecular complexity index is 915. The third kappa shape index (κ3) is 5.45. The molecule has 0 radical (unpaired) electrons. The lowest BCUT2D eigenvalue weighted by molar-refractivity contribution is 0.0515. The minimum atomic E-state index is -0.235. The standard InChI is InChI=1S/C23H30FN5O2S/c1-30-20-15-19(29-11-3-2-4-12-29)26-21(27-20)28-22(32)25-16-23(9-13-31-14-10-23)17-5-7-18(24)8-6-17/h5-8,15H,2-4,9-14,16H2,1H3,(H2,25,26,27,28,32). The van der Waals surface area contributed by atoms with Crippen LogP contribution in [0.1, 0.15) is 37.7 Å². The lowest BCUT2D eigenvalue weighted by Crippen LogP contribution is -2.45. The van der Waals surface area contributed by atoms with Crippen LogP contribution < -0.4 is 20.3 Å². The Balaban J connectivity index is 1.45. The van der Waals surface area contributed by atoms with Crippen molar-refractivity contribution in [1.29, 1.82) is 0 Å². The molecule has 32 heavy (non-hydrogen) atoms. The van der Waals surface area contributed by atoms with Crippen LogP contribution in [0.3, 0.4) is 0 Å². The largest absolute Gasteiger partial charge is 0.481 e. The van der Waals surface area contributed by atoms with E-state index in [-0.39, 0.29) is 11.2 Å². The molecule has 2 aromatic rings. The Kier molecular flexibility index (Phi) is 7.36. The van der Waals surface area contributed by atoms with Crippen LogP contribution in [-0.4, -0.2) is 55.0 Å². The fraction of sp³-hybridized carbons (Fsp3) is 0.522. The normalized spacial score (nSPS) is 18.1. The molecule has 0 saturated carbocycles. The maximum Gasteiger partial charge on any atom is 0.234 e. The van der Waals surface area contributed by atoms with Gasteiger partial charge in [-0.15, -0.1) is 0 Å². The molecule has 0 amide bonds. The van der Waals surface area contributed by atoms with Gasteiger partial charge < -0.3 is 25.0 Å². The first kappa shape index (κ1) is 22.7. The maximum atomic E-state index is 13.5. The average molecular weight is 460 g/mol. The lowest BCUT2D eigenvalue weighted by atomic mass is 9.74. The zero-order chi connectivity index (χ0) is 22.4. The number of halogens is 1. The fourth-order valence-corrected chi connectivity index (χ4v) is 4.55. The van der Waals surface area contributed by atoms with Crippen molar-refractivity contribution in [2.24, 2.45) is 0 Å². The Morgan fingerprint density at radius 1 is 1.16 bits per heavy atom. The Hall–Kier alpha value is -2.52. The summed E-state index contributed by atoms with van der Waals surface area (Å²) in [6, 6.07) is 8.59. The van der Waals surface area contributed by atoms with E-state index >= 15 is 0 Å². The molecule has 2 saturated heterocycles. The molecule has 1 aromatic heterocycles. The van der Waals surface area contributed by atoms with Crippen molar-refractivity contribution in [3.8, 4) is 5.88 Å². The van der Waals surface area contributed by atoms with Crippen LogP contribution >= 0.6 is 12.2 Å². The highest BCUT2D eigenvalue weighted by molar-refractivity contribution is 7.80. The molecule has 2 fully saturated rings. The van der Waals surface area contributed by atoms with Gasteiger partial charge in [0.05, 0.1) is 7.11 Å². The van der Waals surface area contributed by atoms with Gasteiger partial charge in [-0.2, -0.15) is 9.97 Å². The second-order valence-corrected chi connectivity index (χ2v) is 8.76. The molecule has 2 aliphatic rings. The monoisotopic (exact) mass is 459 g/mol. The van der Waals surface area contributed by atoms with Crippen molar-refractivity contribution in [2.75, 3.05) is 50.2 Å². The van der Waals surface area contributed by atoms with Crippen molar-refractivity contribution in [3.63, 3.8) is 0 Å². The zero-order valence-electron chi connectivity index (χ0n) is 18.4. The van der Waals surface area contributed by atoms with Gasteiger partial charge in [0.2, 0.25) is 11.8 Å². The molecular formula is C23H30FN5O2S. The summed E-state index contributed by atoms with van der Waals surface area (Å²) < 4.78 is 24.4. The summed E-state index contributed by atoms with van der Waals surface area (Å²) in [5.74, 6) is 1.51. The summed E-state index contributed by atoms with van der Waals surface area (Å²) in [5.41, 5.74) is 0.911. The summed E-state index contributed by atoms with van der Waals surface area (Å²) in [7, 11) is 1.60. The molecule has 9 heteroatoms. The first-order chi connectivity index (χ1) is 15.6. The minimum Gasteiger partial charge on any atom is -0.481 e. The SMILES string of the molecule is COc1cc(N2CCCCC2)nc(NC(=S)NCC2(c3ccc(F)cc3)CCOCC2)n1. The van der Waals surface area contributed by atoms with Gasteiger partial charge in [-0.1, -0.05) is 12.1 Å². The molecule has 1 aromatic carbocycles. The summed E-state index contributed by atoms with van der Waals surface area (Å²) in [6.07, 6.45) is 5.24. The Labute approximate surface area is 193 Å². The van der Waals surface area contributed by atoms with Gasteiger partial charge in [-0.25, -0.2) is 4.39 Å². The number of hydrogen-bond acceptors (Lipinski definition) is 6. The van der Waals surface area contributed by atoms with Gasteiger partial charge in [-0.05, 0) is 62.0 Å². The number of nitrogens with zero attached hydrogens (tertiary/aromatic N) is 3. The molecule has 172 valence electrons. The predicted octanol–water partition coefficient (Wildman–Crippen LogP) is 3.65. The molecule has 0 spiro atoms. The van der Waals surface area contributed by atoms with Crippen molar-refractivity contribution in [2.45, 2.75) is 37.5 Å². The summed E-state index contributed by atoms with van der Waals surface area (Å²) in [5, 5.41) is 6.88. The molecule has 0 unspecified atom stereocenters. The second kappa shape index (κ2) is 10.4. The third-order valence-corrected chi connectivity index (χ3v) is 6.54. The summed E-state index contributed by atoms with van der Waals surface area (Å²) >= 11 is 5.56. The summed E-state index contributed by atoms with van der Waals surface area (Å²) in [4.78, 5) is 11.3. The van der Waals surface area contributed by atoms with Gasteiger partial charge in [0.25, 0.3) is 0 Å². The molecule has 7 nitrogen and oxygen atoms in total. The lowest BCUT2D eigenvalue weighted by Gasteiger charge is -2.38. The number of aromatic nitrogens is 2. The fourth-order valence-electron chi connectivity index (χ4n) is 4.39. The zero-order valence-corrected chi connectivity index (χ0v) is 19.2. The number of methoxy groups -OCH3 is 1. The van der Waals surface area contributed by atoms with Crippen LogP contribution in [0, 0.1) is 5.82 Å². The molecule has 0 aliphatic carbocycles. The molecule has 2 N–H and O–H groups in total. The smallest absolute Gasteiger partial charge is 0.234 e. The highest BCUT2D eigenvalue weighted by atomic mass is 32.1. The van der Waals surface area contributed by atoms with Gasteiger partial charge >= 0.3 is 0 Å². The first-order valence-electron chi connectivity index (χ1n) is 11.1. The summed E-state index contributed by atoms with van der Waals surface area (Å²) in [6.45, 7) is 3.89. The maximum absolute atomic E-state index is 13.5. The molecular weight excluding hydrogens is 429 g/mol. The Morgan fingerprint density at radius 3 is 2.56 bits per heavy atom. The molecule has 0 atom stereocenters. The molecule has 2 aliphatic heterocycles. The average Bonchev–Trinajstić information content (AvgIpc) is 2.84. The van der Waals surface area contributed by atoms with Gasteiger partial charge in [0.15, 0.2) is 5.11 Å². The van der Waals surface area contributed by atoms with Gasteiger partial charge in [0, 0.05) is 44.3 Å². The molecule has 4 rings (SSSR count). The number of rotatable bonds is 6. The number of piperidine rings is 1. The second-order valence-electron chi connectivity index (χ2n) is 8.35. The predicted molar refractivity (Wildman–Crippen MR) is 127 cm³/mol. The molecule has 3 heterocycles. The number of ether oxygens (including phenoxy) is 2. The minimum absolute atomic E-state index is 0.175. The van der Waals surface area contributed by atoms with Crippen LogP contribution in [0.15, 0.2) is 30.3 Å². The molecule has 0 bridgehead atoms. The number of thiocarbonyl (C=S) groups is 1. The topological polar surface area (TPSA) is 71.5 Å². The van der Waals surface area contributed by atoms with E-state index in [4.69, 9.17) is 21.7 Å². The van der Waals surface area contributed by atoms with E-state index in [2.05, 4.69) is 25.5 Å². The van der Waals surface area contributed by atoms with E-state index in [1.54, 1.807) is 7.11 Å². The van der Waals surface area contributed by atoms with Crippen LogP contribution in [0.5, 0.6) is 5.88 Å². The highest BCUT2D eigenvalue weighted by Gasteiger charge is 2.34. The quantitative estimate of drug-likeness (QED) is 0.635. The first-order valence-corrected chi connectivity index (χ1v) is 11.6. The van der Waals surface area contributed by atoms with Crippen LogP contribution in [0.4, 0.5) is 16.2 Å². The van der Waals surface area contributed by atoms with Crippen molar-refractivity contribution < 1.29 is 13.9 Å². The number of hydrogen-bond donors (Lipinski definition) is 2. The number of nitrogens with one attached hydrogen (secondary N) is 2. The van der Waals surface area contributed by atoms with E-state index in [9.17, 15) is 4.39 Å². The third-order valence-electron chi connectivity index (χ3n) is 6.30. The van der Waals surface area contributed by atoms with Crippen LogP contribution in [0.2, 0.25) is 0 Å². The van der Waals surface area contributed by atoms with Gasteiger partial charge in [-0.3, -0.25) is 0 Å². The Morgan fingerprint density at radius 2 is 1.88 bits per heavy atom. The number of anilines is 2. The van der Waals surface area contributed by atoms with Crippen LogP contribution in [-0.2, 0) is 10.2 Å². The van der Waals surface area contributed by atoms with E-state index in [0.717, 1.165) is 50.2 Å². The van der Waals surface area contributed by atoms with Crippen LogP contribution in [0.25, 0.3) is 0 Å².